The largest absolute Gasteiger partial charge is 0.301 e. The first-order chi connectivity index (χ1) is 4.18. The van der Waals surface area contributed by atoms with Crippen molar-refractivity contribution in [1.82, 2.24) is 0 Å². The van der Waals surface area contributed by atoms with Gasteiger partial charge in [-0.05, 0) is 0 Å². The van der Waals surface area contributed by atoms with E-state index < -0.39 is 11.9 Å². The van der Waals surface area contributed by atoms with Crippen molar-refractivity contribution in [3.8, 4) is 0 Å². The predicted octanol–water partition coefficient (Wildman–Crippen LogP) is 3.50. The van der Waals surface area contributed by atoms with Crippen LogP contribution in [0.5, 0.6) is 0 Å². The van der Waals surface area contributed by atoms with E-state index in [0.717, 1.165) is 0 Å². The lowest BCUT2D eigenvalue weighted by Gasteiger charge is -1.81. The summed E-state index contributed by atoms with van der Waals surface area (Å²) in [6.07, 6.45) is -2.43. The highest BCUT2D eigenvalue weighted by Gasteiger charge is 1.98. The lowest BCUT2D eigenvalue weighted by molar-refractivity contribution is 0.373. The predicted molar refractivity (Wildman–Crippen MR) is 32.0 cm³/mol. The fraction of sp³-hybridized carbons (Fsp3) is 0.667. The van der Waals surface area contributed by atoms with Crippen LogP contribution in [0.4, 0.5) is 13.2 Å². The fourth-order valence-electron chi connectivity index (χ4n) is 0.134. The van der Waals surface area contributed by atoms with Crippen molar-refractivity contribution in [3.05, 3.63) is 11.9 Å². The van der Waals surface area contributed by atoms with Crippen LogP contribution in [-0.2, 0) is 0 Å². The van der Waals surface area contributed by atoms with Gasteiger partial charge in [-0.3, -0.25) is 0 Å². The summed E-state index contributed by atoms with van der Waals surface area (Å²) in [6, 6.07) is 0. The second kappa shape index (κ2) is 7.53. The van der Waals surface area contributed by atoms with Crippen LogP contribution in [0.15, 0.2) is 11.9 Å². The molecule has 0 aliphatic rings. The van der Waals surface area contributed by atoms with Gasteiger partial charge >= 0.3 is 6.08 Å². The summed E-state index contributed by atoms with van der Waals surface area (Å²) in [7, 11) is 0. The van der Waals surface area contributed by atoms with Gasteiger partial charge in [-0.2, -0.15) is 8.78 Å². The lowest BCUT2D eigenvalue weighted by atomic mass is 10.4. The first-order valence-corrected chi connectivity index (χ1v) is 2.88. The Morgan fingerprint density at radius 1 is 1.11 bits per heavy atom. The van der Waals surface area contributed by atoms with Crippen LogP contribution < -0.4 is 0 Å². The molecule has 56 valence electrons. The van der Waals surface area contributed by atoms with Crippen LogP contribution in [0.2, 0.25) is 0 Å². The van der Waals surface area contributed by atoms with Gasteiger partial charge in [-0.1, -0.05) is 20.8 Å². The summed E-state index contributed by atoms with van der Waals surface area (Å²) >= 11 is 0. The minimum atomic E-state index is -2.21. The molecule has 0 aliphatic heterocycles. The molecule has 0 saturated heterocycles. The molecular weight excluding hydrogens is 129 g/mol. The van der Waals surface area contributed by atoms with Gasteiger partial charge in [0.15, 0.2) is 5.83 Å². The van der Waals surface area contributed by atoms with Gasteiger partial charge in [0, 0.05) is 6.42 Å². The van der Waals surface area contributed by atoms with E-state index in [4.69, 9.17) is 0 Å². The van der Waals surface area contributed by atoms with E-state index >= 15 is 0 Å². The Bertz CT molecular complexity index is 82.3. The molecule has 0 bridgehead atoms. The average Bonchev–Trinajstić information content (AvgIpc) is 1.91. The molecule has 0 saturated carbocycles. The molecule has 0 rings (SSSR count). The van der Waals surface area contributed by atoms with Gasteiger partial charge in [-0.15, -0.1) is 0 Å². The summed E-state index contributed by atoms with van der Waals surface area (Å²) < 4.78 is 33.3. The minimum Gasteiger partial charge on any atom is -0.206 e. The molecule has 0 aromatic heterocycles. The van der Waals surface area contributed by atoms with Gasteiger partial charge in [0.05, 0.1) is 0 Å². The summed E-state index contributed by atoms with van der Waals surface area (Å²) in [4.78, 5) is 0. The highest BCUT2D eigenvalue weighted by molar-refractivity contribution is 4.89. The Balaban J connectivity index is 0. The molecule has 0 aliphatic carbocycles. The molecule has 0 radical (unpaired) electrons. The average molecular weight is 140 g/mol. The SMILES string of the molecule is CC.CCC(F)=C(F)F. The third kappa shape index (κ3) is 7.53. The summed E-state index contributed by atoms with van der Waals surface area (Å²) in [5.41, 5.74) is 0. The number of hydrogen-bond donors (Lipinski definition) is 0. The third-order valence-electron chi connectivity index (χ3n) is 0.515. The second-order valence-electron chi connectivity index (χ2n) is 1.02. The van der Waals surface area contributed by atoms with E-state index in [-0.39, 0.29) is 6.42 Å². The highest BCUT2D eigenvalue weighted by atomic mass is 19.3. The maximum atomic E-state index is 11.4. The molecule has 9 heavy (non-hydrogen) atoms. The maximum absolute atomic E-state index is 11.4. The van der Waals surface area contributed by atoms with Crippen LogP contribution >= 0.6 is 0 Å². The van der Waals surface area contributed by atoms with E-state index in [2.05, 4.69) is 0 Å². The molecule has 0 aromatic carbocycles. The Morgan fingerprint density at radius 2 is 1.44 bits per heavy atom. The van der Waals surface area contributed by atoms with Crippen molar-refractivity contribution >= 4 is 0 Å². The number of rotatable bonds is 1. The Morgan fingerprint density at radius 3 is 1.44 bits per heavy atom. The lowest BCUT2D eigenvalue weighted by Crippen LogP contribution is -1.68. The van der Waals surface area contributed by atoms with Crippen molar-refractivity contribution in [2.75, 3.05) is 0 Å². The zero-order chi connectivity index (χ0) is 7.86. The smallest absolute Gasteiger partial charge is 0.206 e. The molecule has 0 atom stereocenters. The molecule has 0 aromatic rings. The van der Waals surface area contributed by atoms with Gasteiger partial charge in [0.25, 0.3) is 0 Å². The minimum absolute atomic E-state index is 0.220. The summed E-state index contributed by atoms with van der Waals surface area (Å²) in [6.45, 7) is 5.33. The van der Waals surface area contributed by atoms with Crippen LogP contribution in [0.1, 0.15) is 27.2 Å². The molecule has 3 heteroatoms. The monoisotopic (exact) mass is 140 g/mol. The number of allylic oxidation sites excluding steroid dienone is 1. The molecular formula is C6H11F3. The molecule has 0 fully saturated rings. The van der Waals surface area contributed by atoms with E-state index in [1.807, 2.05) is 13.8 Å². The Hall–Kier alpha value is -0.470. The first kappa shape index (κ1) is 11.3. The van der Waals surface area contributed by atoms with E-state index in [9.17, 15) is 13.2 Å². The van der Waals surface area contributed by atoms with Gasteiger partial charge in [0.1, 0.15) is 0 Å². The van der Waals surface area contributed by atoms with E-state index in [1.54, 1.807) is 0 Å². The van der Waals surface area contributed by atoms with Crippen molar-refractivity contribution in [1.29, 1.82) is 0 Å². The Kier molecular flexibility index (Phi) is 9.49. The Labute approximate surface area is 53.4 Å². The zero-order valence-corrected chi connectivity index (χ0v) is 5.84. The molecule has 0 amide bonds. The van der Waals surface area contributed by atoms with Crippen molar-refractivity contribution < 1.29 is 13.2 Å². The van der Waals surface area contributed by atoms with Crippen molar-refractivity contribution in [2.45, 2.75) is 27.2 Å². The van der Waals surface area contributed by atoms with Crippen LogP contribution in [0.25, 0.3) is 0 Å². The maximum Gasteiger partial charge on any atom is 0.301 e. The normalized spacial score (nSPS) is 7.33. The van der Waals surface area contributed by atoms with Crippen LogP contribution in [-0.4, -0.2) is 0 Å². The van der Waals surface area contributed by atoms with Crippen molar-refractivity contribution in [3.63, 3.8) is 0 Å². The summed E-state index contributed by atoms with van der Waals surface area (Å²) in [5, 5.41) is 0. The standard InChI is InChI=1S/C4H5F3.C2H6/c1-2-3(5)4(6)7;1-2/h2H2,1H3;1-2H3. The first-order valence-electron chi connectivity index (χ1n) is 2.88. The molecule has 0 nitrogen and oxygen atoms in total. The molecule has 0 heterocycles. The summed E-state index contributed by atoms with van der Waals surface area (Å²) in [5.74, 6) is -1.32. The van der Waals surface area contributed by atoms with Gasteiger partial charge in [0.2, 0.25) is 0 Å². The van der Waals surface area contributed by atoms with Gasteiger partial charge < -0.3 is 0 Å². The second-order valence-corrected chi connectivity index (χ2v) is 1.02. The third-order valence-corrected chi connectivity index (χ3v) is 0.515. The van der Waals surface area contributed by atoms with E-state index in [1.165, 1.54) is 6.92 Å². The van der Waals surface area contributed by atoms with Crippen LogP contribution in [0.3, 0.4) is 0 Å². The highest BCUT2D eigenvalue weighted by Crippen LogP contribution is 2.10. The number of halogens is 3. The molecule has 0 unspecified atom stereocenters. The number of hydrogen-bond acceptors (Lipinski definition) is 0. The van der Waals surface area contributed by atoms with Crippen LogP contribution in [0, 0.1) is 0 Å². The van der Waals surface area contributed by atoms with Crippen molar-refractivity contribution in [2.24, 2.45) is 0 Å². The zero-order valence-electron chi connectivity index (χ0n) is 5.84. The fourth-order valence-corrected chi connectivity index (χ4v) is 0.134. The molecule has 0 spiro atoms. The molecule has 0 N–H and O–H groups in total. The van der Waals surface area contributed by atoms with Gasteiger partial charge in [-0.25, -0.2) is 4.39 Å². The van der Waals surface area contributed by atoms with E-state index in [0.29, 0.717) is 0 Å². The quantitative estimate of drug-likeness (QED) is 0.522. The topological polar surface area (TPSA) is 0 Å².